The molecule has 116 valence electrons. The van der Waals surface area contributed by atoms with Crippen LogP contribution in [0.4, 0.5) is 0 Å². The lowest BCUT2D eigenvalue weighted by Gasteiger charge is -2.55. The van der Waals surface area contributed by atoms with Crippen LogP contribution in [0.3, 0.4) is 0 Å². The highest BCUT2D eigenvalue weighted by molar-refractivity contribution is 5.22. The van der Waals surface area contributed by atoms with Gasteiger partial charge >= 0.3 is 0 Å². The molecule has 4 heteroatoms. The fourth-order valence-electron chi connectivity index (χ4n) is 5.45. The van der Waals surface area contributed by atoms with Crippen molar-refractivity contribution >= 4 is 0 Å². The lowest BCUT2D eigenvalue weighted by Crippen LogP contribution is -2.48. The highest BCUT2D eigenvalue weighted by Crippen LogP contribution is 2.60. The smallest absolute Gasteiger partial charge is 0.143 e. The summed E-state index contributed by atoms with van der Waals surface area (Å²) in [4.78, 5) is 0. The lowest BCUT2D eigenvalue weighted by atomic mass is 9.49. The third-order valence-corrected chi connectivity index (χ3v) is 5.91. The Morgan fingerprint density at radius 3 is 2.52 bits per heavy atom. The molecule has 1 aromatic heterocycles. The molecule has 4 fully saturated rings. The number of ether oxygens (including phenoxy) is 1. The molecule has 1 N–H and O–H groups in total. The summed E-state index contributed by atoms with van der Waals surface area (Å²) in [6.07, 6.45) is 8.43. The molecule has 4 bridgehead atoms. The molecule has 4 aliphatic carbocycles. The standard InChI is InChI=1S/C17H26N2O2/c1-20-3-2-18-11-15-7-16(21-19-15)17-8-12-4-13(9-17)6-14(5-12)10-17/h7,12-14,18H,2-6,8-11H2,1H3. The van der Waals surface area contributed by atoms with Crippen molar-refractivity contribution in [1.82, 2.24) is 10.5 Å². The Morgan fingerprint density at radius 2 is 1.90 bits per heavy atom. The van der Waals surface area contributed by atoms with Gasteiger partial charge in [-0.05, 0) is 56.3 Å². The van der Waals surface area contributed by atoms with Crippen LogP contribution in [0.5, 0.6) is 0 Å². The van der Waals surface area contributed by atoms with Gasteiger partial charge in [-0.2, -0.15) is 0 Å². The molecule has 1 aromatic rings. The largest absolute Gasteiger partial charge is 0.383 e. The van der Waals surface area contributed by atoms with Crippen molar-refractivity contribution in [3.8, 4) is 0 Å². The van der Waals surface area contributed by atoms with Crippen LogP contribution in [0.25, 0.3) is 0 Å². The van der Waals surface area contributed by atoms with E-state index < -0.39 is 0 Å². The molecule has 0 spiro atoms. The van der Waals surface area contributed by atoms with E-state index in [0.717, 1.165) is 43.1 Å². The third-order valence-electron chi connectivity index (χ3n) is 5.91. The fourth-order valence-corrected chi connectivity index (χ4v) is 5.45. The first-order chi connectivity index (χ1) is 10.3. The Bertz CT molecular complexity index is 461. The quantitative estimate of drug-likeness (QED) is 0.818. The Morgan fingerprint density at radius 1 is 1.24 bits per heavy atom. The zero-order chi connectivity index (χ0) is 14.3. The first kappa shape index (κ1) is 13.8. The number of nitrogens with zero attached hydrogens (tertiary/aromatic N) is 1. The molecule has 0 atom stereocenters. The molecule has 4 nitrogen and oxygen atoms in total. The number of methoxy groups -OCH3 is 1. The molecule has 0 radical (unpaired) electrons. The van der Waals surface area contributed by atoms with E-state index in [0.29, 0.717) is 5.41 Å². The first-order valence-corrected chi connectivity index (χ1v) is 8.43. The summed E-state index contributed by atoms with van der Waals surface area (Å²) in [5.74, 6) is 4.02. The summed E-state index contributed by atoms with van der Waals surface area (Å²) in [5, 5.41) is 7.63. The molecule has 5 rings (SSSR count). The number of nitrogens with one attached hydrogen (secondary N) is 1. The second kappa shape index (κ2) is 5.40. The normalized spacial score (nSPS) is 37.3. The van der Waals surface area contributed by atoms with Gasteiger partial charge in [-0.3, -0.25) is 0 Å². The molecule has 1 heterocycles. The Kier molecular flexibility index (Phi) is 3.54. The second-order valence-corrected chi connectivity index (χ2v) is 7.55. The van der Waals surface area contributed by atoms with Crippen LogP contribution < -0.4 is 5.32 Å². The predicted octanol–water partition coefficient (Wildman–Crippen LogP) is 2.88. The minimum absolute atomic E-state index is 0.326. The van der Waals surface area contributed by atoms with Gasteiger partial charge in [0.15, 0.2) is 0 Å². The minimum Gasteiger partial charge on any atom is -0.383 e. The van der Waals surface area contributed by atoms with Gasteiger partial charge in [0, 0.05) is 31.7 Å². The summed E-state index contributed by atoms with van der Waals surface area (Å²) in [6, 6.07) is 2.22. The number of rotatable bonds is 6. The van der Waals surface area contributed by atoms with E-state index in [1.54, 1.807) is 7.11 Å². The summed E-state index contributed by atoms with van der Waals surface area (Å²) in [6.45, 7) is 2.37. The van der Waals surface area contributed by atoms with Crippen molar-refractivity contribution in [2.45, 2.75) is 50.5 Å². The molecular weight excluding hydrogens is 264 g/mol. The maximum Gasteiger partial charge on any atom is 0.143 e. The van der Waals surface area contributed by atoms with Crippen LogP contribution in [0.2, 0.25) is 0 Å². The zero-order valence-corrected chi connectivity index (χ0v) is 12.9. The van der Waals surface area contributed by atoms with Crippen LogP contribution in [-0.2, 0) is 16.7 Å². The van der Waals surface area contributed by atoms with E-state index in [9.17, 15) is 0 Å². The van der Waals surface area contributed by atoms with E-state index in [-0.39, 0.29) is 0 Å². The lowest BCUT2D eigenvalue weighted by molar-refractivity contribution is -0.0175. The first-order valence-electron chi connectivity index (χ1n) is 8.43. The summed E-state index contributed by atoms with van der Waals surface area (Å²) in [5.41, 5.74) is 1.36. The molecule has 0 aliphatic heterocycles. The average Bonchev–Trinajstić information content (AvgIpc) is 2.92. The molecule has 0 amide bonds. The molecule has 4 saturated carbocycles. The van der Waals surface area contributed by atoms with Gasteiger partial charge < -0.3 is 14.6 Å². The maximum atomic E-state index is 5.79. The summed E-state index contributed by atoms with van der Waals surface area (Å²) >= 11 is 0. The van der Waals surface area contributed by atoms with Gasteiger partial charge in [0.25, 0.3) is 0 Å². The summed E-state index contributed by atoms with van der Waals surface area (Å²) in [7, 11) is 1.73. The van der Waals surface area contributed by atoms with Crippen LogP contribution in [0.1, 0.15) is 50.0 Å². The highest BCUT2D eigenvalue weighted by atomic mass is 16.5. The van der Waals surface area contributed by atoms with Crippen molar-refractivity contribution in [2.24, 2.45) is 17.8 Å². The van der Waals surface area contributed by atoms with Gasteiger partial charge in [-0.1, -0.05) is 5.16 Å². The minimum atomic E-state index is 0.326. The Labute approximate surface area is 126 Å². The number of hydrogen-bond donors (Lipinski definition) is 1. The maximum absolute atomic E-state index is 5.79. The second-order valence-electron chi connectivity index (χ2n) is 7.55. The van der Waals surface area contributed by atoms with Crippen molar-refractivity contribution in [3.05, 3.63) is 17.5 Å². The number of hydrogen-bond acceptors (Lipinski definition) is 4. The van der Waals surface area contributed by atoms with Crippen LogP contribution in [0, 0.1) is 17.8 Å². The van der Waals surface area contributed by atoms with Gasteiger partial charge in [0.2, 0.25) is 0 Å². The van der Waals surface area contributed by atoms with Gasteiger partial charge in [-0.15, -0.1) is 0 Å². The van der Waals surface area contributed by atoms with Gasteiger partial charge in [0.1, 0.15) is 5.76 Å². The third kappa shape index (κ3) is 2.53. The predicted molar refractivity (Wildman–Crippen MR) is 79.9 cm³/mol. The Balaban J connectivity index is 1.45. The number of aromatic nitrogens is 1. The SMILES string of the molecule is COCCNCc1cc(C23CC4CC(CC(C4)C2)C3)on1. The molecule has 21 heavy (non-hydrogen) atoms. The van der Waals surface area contributed by atoms with Crippen molar-refractivity contribution in [1.29, 1.82) is 0 Å². The molecule has 0 saturated heterocycles. The molecule has 4 aliphatic rings. The zero-order valence-electron chi connectivity index (χ0n) is 12.9. The molecule has 0 unspecified atom stereocenters. The Hall–Kier alpha value is -0.870. The van der Waals surface area contributed by atoms with Crippen molar-refractivity contribution in [2.75, 3.05) is 20.3 Å². The molecule has 0 aromatic carbocycles. The molecular formula is C17H26N2O2. The van der Waals surface area contributed by atoms with Crippen LogP contribution >= 0.6 is 0 Å². The van der Waals surface area contributed by atoms with E-state index in [2.05, 4.69) is 16.5 Å². The van der Waals surface area contributed by atoms with Gasteiger partial charge in [0.05, 0.1) is 12.3 Å². The van der Waals surface area contributed by atoms with E-state index >= 15 is 0 Å². The van der Waals surface area contributed by atoms with Gasteiger partial charge in [-0.25, -0.2) is 0 Å². The van der Waals surface area contributed by atoms with E-state index in [4.69, 9.17) is 9.26 Å². The van der Waals surface area contributed by atoms with Crippen LogP contribution in [0.15, 0.2) is 10.6 Å². The van der Waals surface area contributed by atoms with Crippen LogP contribution in [-0.4, -0.2) is 25.4 Å². The van der Waals surface area contributed by atoms with Crippen molar-refractivity contribution in [3.63, 3.8) is 0 Å². The summed E-state index contributed by atoms with van der Waals surface area (Å²) < 4.78 is 10.8. The fraction of sp³-hybridized carbons (Fsp3) is 0.824. The monoisotopic (exact) mass is 290 g/mol. The van der Waals surface area contributed by atoms with E-state index in [1.807, 2.05) is 0 Å². The van der Waals surface area contributed by atoms with E-state index in [1.165, 1.54) is 44.3 Å². The highest BCUT2D eigenvalue weighted by Gasteiger charge is 2.53. The van der Waals surface area contributed by atoms with Crippen molar-refractivity contribution < 1.29 is 9.26 Å². The average molecular weight is 290 g/mol. The topological polar surface area (TPSA) is 47.3 Å².